The summed E-state index contributed by atoms with van der Waals surface area (Å²) in [5.41, 5.74) is 4.54. The summed E-state index contributed by atoms with van der Waals surface area (Å²) in [6, 6.07) is 13.2. The molecule has 0 spiro atoms. The maximum Gasteiger partial charge on any atom is 0.289 e. The van der Waals surface area contributed by atoms with Crippen LogP contribution in [-0.4, -0.2) is 26.7 Å². The number of non-ortho nitro benzene ring substituents is 1. The van der Waals surface area contributed by atoms with Gasteiger partial charge in [-0.15, -0.1) is 0 Å². The van der Waals surface area contributed by atoms with Crippen molar-refractivity contribution >= 4 is 17.3 Å². The number of nitro benzene ring substituents is 1. The van der Waals surface area contributed by atoms with Crippen LogP contribution in [0.15, 0.2) is 59.7 Å². The molecule has 1 amide bonds. The number of hydrogen-bond acceptors (Lipinski definition) is 5. The van der Waals surface area contributed by atoms with Gasteiger partial charge in [-0.1, -0.05) is 12.1 Å². The van der Waals surface area contributed by atoms with Crippen LogP contribution in [0.4, 0.5) is 10.1 Å². The smallest absolute Gasteiger partial charge is 0.272 e. The van der Waals surface area contributed by atoms with Crippen LogP contribution in [0, 0.1) is 15.9 Å². The topological polar surface area (TPSA) is 113 Å². The number of carbonyl (C=O) groups excluding carboxylic acids is 1. The average molecular weight is 367 g/mol. The van der Waals surface area contributed by atoms with E-state index in [1.807, 2.05) is 0 Å². The zero-order valence-electron chi connectivity index (χ0n) is 14.1. The fourth-order valence-electron chi connectivity index (χ4n) is 2.31. The molecule has 3 rings (SSSR count). The third-order valence-electron chi connectivity index (χ3n) is 3.76. The van der Waals surface area contributed by atoms with Crippen molar-refractivity contribution in [3.63, 3.8) is 0 Å². The molecule has 1 aromatic heterocycles. The second-order valence-corrected chi connectivity index (χ2v) is 5.62. The second kappa shape index (κ2) is 7.56. The van der Waals surface area contributed by atoms with Gasteiger partial charge in [-0.2, -0.15) is 10.2 Å². The molecule has 0 radical (unpaired) electrons. The number of hydrazone groups is 1. The van der Waals surface area contributed by atoms with Crippen LogP contribution in [0.1, 0.15) is 23.0 Å². The molecule has 0 saturated carbocycles. The van der Waals surface area contributed by atoms with E-state index in [0.29, 0.717) is 22.5 Å². The van der Waals surface area contributed by atoms with E-state index in [-0.39, 0.29) is 17.2 Å². The lowest BCUT2D eigenvalue weighted by molar-refractivity contribution is -0.384. The molecule has 0 fully saturated rings. The normalized spacial score (nSPS) is 11.3. The molecule has 2 aromatic carbocycles. The molecule has 9 heteroatoms. The van der Waals surface area contributed by atoms with E-state index in [1.54, 1.807) is 25.1 Å². The minimum absolute atomic E-state index is 0.0640. The molecule has 0 aliphatic rings. The van der Waals surface area contributed by atoms with Gasteiger partial charge in [0.05, 0.1) is 16.3 Å². The Labute approximate surface area is 152 Å². The number of rotatable bonds is 5. The highest BCUT2D eigenvalue weighted by atomic mass is 19.1. The van der Waals surface area contributed by atoms with Crippen molar-refractivity contribution in [1.29, 1.82) is 0 Å². The Hall–Kier alpha value is -3.88. The summed E-state index contributed by atoms with van der Waals surface area (Å²) in [7, 11) is 0. The minimum Gasteiger partial charge on any atom is -0.272 e. The van der Waals surface area contributed by atoms with E-state index in [4.69, 9.17) is 0 Å². The Morgan fingerprint density at radius 2 is 1.96 bits per heavy atom. The monoisotopic (exact) mass is 367 g/mol. The molecular formula is C18H14FN5O3. The number of amides is 1. The summed E-state index contributed by atoms with van der Waals surface area (Å²) in [5, 5.41) is 21.4. The van der Waals surface area contributed by atoms with Gasteiger partial charge in [0.2, 0.25) is 0 Å². The molecule has 136 valence electrons. The molecule has 0 atom stereocenters. The van der Waals surface area contributed by atoms with Crippen LogP contribution in [0.5, 0.6) is 0 Å². The summed E-state index contributed by atoms with van der Waals surface area (Å²) < 4.78 is 13.0. The van der Waals surface area contributed by atoms with Crippen molar-refractivity contribution < 1.29 is 14.1 Å². The number of aromatic amines is 1. The van der Waals surface area contributed by atoms with E-state index in [9.17, 15) is 19.3 Å². The molecule has 0 unspecified atom stereocenters. The van der Waals surface area contributed by atoms with Gasteiger partial charge >= 0.3 is 0 Å². The summed E-state index contributed by atoms with van der Waals surface area (Å²) >= 11 is 0. The van der Waals surface area contributed by atoms with Crippen LogP contribution in [0.2, 0.25) is 0 Å². The molecular weight excluding hydrogens is 353 g/mol. The zero-order valence-corrected chi connectivity index (χ0v) is 14.1. The molecule has 0 aliphatic heterocycles. The van der Waals surface area contributed by atoms with Crippen molar-refractivity contribution in [3.05, 3.63) is 81.8 Å². The molecule has 0 aliphatic carbocycles. The summed E-state index contributed by atoms with van der Waals surface area (Å²) in [6.07, 6.45) is 0. The predicted octanol–water partition coefficient (Wildman–Crippen LogP) is 3.28. The Balaban J connectivity index is 1.72. The third-order valence-corrected chi connectivity index (χ3v) is 3.76. The van der Waals surface area contributed by atoms with Crippen LogP contribution < -0.4 is 5.43 Å². The quantitative estimate of drug-likeness (QED) is 0.409. The predicted molar refractivity (Wildman–Crippen MR) is 96.8 cm³/mol. The lowest BCUT2D eigenvalue weighted by Crippen LogP contribution is -2.19. The number of nitrogens with zero attached hydrogens (tertiary/aromatic N) is 3. The van der Waals surface area contributed by atoms with E-state index in [1.165, 1.54) is 36.4 Å². The number of H-pyrrole nitrogens is 1. The fourth-order valence-corrected chi connectivity index (χ4v) is 2.31. The van der Waals surface area contributed by atoms with Crippen molar-refractivity contribution in [2.75, 3.05) is 0 Å². The number of carbonyl (C=O) groups is 1. The van der Waals surface area contributed by atoms with Crippen LogP contribution in [-0.2, 0) is 0 Å². The molecule has 0 saturated heterocycles. The van der Waals surface area contributed by atoms with Gasteiger partial charge in [0.15, 0.2) is 0 Å². The molecule has 0 bridgehead atoms. The molecule has 27 heavy (non-hydrogen) atoms. The van der Waals surface area contributed by atoms with Gasteiger partial charge < -0.3 is 0 Å². The van der Waals surface area contributed by atoms with Crippen LogP contribution >= 0.6 is 0 Å². The summed E-state index contributed by atoms with van der Waals surface area (Å²) in [6.45, 7) is 1.62. The average Bonchev–Trinajstić information content (AvgIpc) is 3.16. The highest BCUT2D eigenvalue weighted by Crippen LogP contribution is 2.18. The zero-order chi connectivity index (χ0) is 19.4. The molecule has 3 aromatic rings. The van der Waals surface area contributed by atoms with E-state index in [0.717, 1.165) is 0 Å². The first kappa shape index (κ1) is 17.9. The SMILES string of the molecule is C/C(=N/NC(=O)c1cc(-c2ccc(F)cc2)n[nH]1)c1cccc([N+](=O)[O-])c1. The Morgan fingerprint density at radius 3 is 2.67 bits per heavy atom. The third kappa shape index (κ3) is 4.21. The highest BCUT2D eigenvalue weighted by Gasteiger charge is 2.12. The van der Waals surface area contributed by atoms with E-state index >= 15 is 0 Å². The van der Waals surface area contributed by atoms with Gasteiger partial charge in [-0.05, 0) is 37.3 Å². The first-order chi connectivity index (χ1) is 12.9. The number of benzene rings is 2. The molecule has 2 N–H and O–H groups in total. The van der Waals surface area contributed by atoms with E-state index in [2.05, 4.69) is 20.7 Å². The van der Waals surface area contributed by atoms with E-state index < -0.39 is 10.8 Å². The van der Waals surface area contributed by atoms with Crippen LogP contribution in [0.25, 0.3) is 11.3 Å². The van der Waals surface area contributed by atoms with Crippen LogP contribution in [0.3, 0.4) is 0 Å². The largest absolute Gasteiger partial charge is 0.289 e. The highest BCUT2D eigenvalue weighted by molar-refractivity contribution is 6.01. The lowest BCUT2D eigenvalue weighted by atomic mass is 10.1. The van der Waals surface area contributed by atoms with Crippen molar-refractivity contribution in [3.8, 4) is 11.3 Å². The number of nitrogens with one attached hydrogen (secondary N) is 2. The van der Waals surface area contributed by atoms with Crippen molar-refractivity contribution in [2.45, 2.75) is 6.92 Å². The number of aromatic nitrogens is 2. The van der Waals surface area contributed by atoms with Gasteiger partial charge in [-0.25, -0.2) is 9.82 Å². The van der Waals surface area contributed by atoms with Gasteiger partial charge in [0.1, 0.15) is 11.5 Å². The Bertz CT molecular complexity index is 1030. The molecule has 1 heterocycles. The minimum atomic E-state index is -0.527. The maximum absolute atomic E-state index is 13.0. The summed E-state index contributed by atoms with van der Waals surface area (Å²) in [4.78, 5) is 22.5. The Morgan fingerprint density at radius 1 is 1.22 bits per heavy atom. The standard InChI is InChI=1S/C18H14FN5O3/c1-11(13-3-2-4-15(9-13)24(26)27)20-23-18(25)17-10-16(21-22-17)12-5-7-14(19)8-6-12/h2-10H,1H3,(H,21,22)(H,23,25)/b20-11-. The van der Waals surface area contributed by atoms with Crippen molar-refractivity contribution in [1.82, 2.24) is 15.6 Å². The number of halogens is 1. The number of nitro groups is 1. The first-order valence-electron chi connectivity index (χ1n) is 7.85. The molecule has 8 nitrogen and oxygen atoms in total. The Kier molecular flexibility index (Phi) is 5.02. The second-order valence-electron chi connectivity index (χ2n) is 5.62. The first-order valence-corrected chi connectivity index (χ1v) is 7.85. The number of hydrogen-bond donors (Lipinski definition) is 2. The lowest BCUT2D eigenvalue weighted by Gasteiger charge is -2.02. The summed E-state index contributed by atoms with van der Waals surface area (Å²) in [5.74, 6) is -0.890. The maximum atomic E-state index is 13.0. The van der Waals surface area contributed by atoms with Gasteiger partial charge in [0.25, 0.3) is 11.6 Å². The van der Waals surface area contributed by atoms with Gasteiger partial charge in [0, 0.05) is 23.3 Å². The fraction of sp³-hybridized carbons (Fsp3) is 0.0556. The van der Waals surface area contributed by atoms with Crippen molar-refractivity contribution in [2.24, 2.45) is 5.10 Å². The van der Waals surface area contributed by atoms with Gasteiger partial charge in [-0.3, -0.25) is 20.0 Å².